The van der Waals surface area contributed by atoms with Gasteiger partial charge in [0.25, 0.3) is 0 Å². The molecule has 3 saturated heterocycles. The Hall–Kier alpha value is -4.09. The molecule has 3 fully saturated rings. The first-order valence-corrected chi connectivity index (χ1v) is 17.2. The smallest absolute Gasteiger partial charge is 0.248 e. The van der Waals surface area contributed by atoms with E-state index in [-0.39, 0.29) is 30.4 Å². The number of amides is 1. The molecule has 0 unspecified atom stereocenters. The van der Waals surface area contributed by atoms with Crippen molar-refractivity contribution in [3.8, 4) is 22.5 Å². The van der Waals surface area contributed by atoms with E-state index in [1.54, 1.807) is 23.5 Å². The molecule has 3 N–H and O–H groups in total. The first kappa shape index (κ1) is 36.3. The number of carbonyl (C=O) groups excluding carboxylic acids is 1. The molecule has 21 heteroatoms. The van der Waals surface area contributed by atoms with Gasteiger partial charge in [-0.3, -0.25) is 4.79 Å². The van der Waals surface area contributed by atoms with Gasteiger partial charge in [-0.05, 0) is 12.1 Å². The average molecular weight is 750 g/mol. The number of aliphatic hydroxyl groups excluding tert-OH is 3. The van der Waals surface area contributed by atoms with Gasteiger partial charge in [-0.1, -0.05) is 10.4 Å². The van der Waals surface area contributed by atoms with Crippen LogP contribution in [0.3, 0.4) is 0 Å². The largest absolute Gasteiger partial charge is 0.394 e. The highest BCUT2D eigenvalue weighted by Gasteiger charge is 2.50. The molecule has 52 heavy (non-hydrogen) atoms. The number of aromatic nitrogens is 8. The van der Waals surface area contributed by atoms with Crippen LogP contribution in [0.1, 0.15) is 12.1 Å². The molecule has 3 aromatic heterocycles. The SMILES string of the molecule is O=C(CO[C@@H]1[C@@H](n2cc(-c3cc(F)c(F)c(F)c3)nn2)[C@@H](O)[C@@H](CO)O[C@H]1S[C@@H]1COC[C@H](n2cc(-c3cncnc3)nn2)[C@H]1O)N1CCOCC1. The fraction of sp³-hybridized carbons (Fsp3) is 0.516. The molecule has 0 radical (unpaired) electrons. The molecule has 4 aromatic rings. The van der Waals surface area contributed by atoms with Crippen LogP contribution in [-0.4, -0.2) is 154 Å². The number of hydrogen-bond acceptors (Lipinski definition) is 15. The molecule has 1 amide bonds. The number of thioether (sulfide) groups is 1. The Morgan fingerprint density at radius 2 is 1.60 bits per heavy atom. The number of rotatable bonds is 10. The van der Waals surface area contributed by atoms with Crippen molar-refractivity contribution < 1.29 is 52.2 Å². The lowest BCUT2D eigenvalue weighted by Crippen LogP contribution is -2.57. The van der Waals surface area contributed by atoms with Gasteiger partial charge in [0.1, 0.15) is 60.2 Å². The van der Waals surface area contributed by atoms with Crippen LogP contribution >= 0.6 is 11.8 Å². The van der Waals surface area contributed by atoms with Gasteiger partial charge >= 0.3 is 0 Å². The molecule has 0 spiro atoms. The second-order valence-electron chi connectivity index (χ2n) is 12.3. The summed E-state index contributed by atoms with van der Waals surface area (Å²) in [6, 6.07) is -0.346. The fourth-order valence-electron chi connectivity index (χ4n) is 6.26. The number of ether oxygens (including phenoxy) is 4. The van der Waals surface area contributed by atoms with Gasteiger partial charge in [0.2, 0.25) is 5.91 Å². The van der Waals surface area contributed by atoms with E-state index in [0.717, 1.165) is 23.9 Å². The number of hydrogen-bond donors (Lipinski definition) is 3. The van der Waals surface area contributed by atoms with Gasteiger partial charge in [-0.15, -0.1) is 22.0 Å². The monoisotopic (exact) mass is 749 g/mol. The van der Waals surface area contributed by atoms with Crippen LogP contribution in [0.5, 0.6) is 0 Å². The number of benzene rings is 1. The van der Waals surface area contributed by atoms with E-state index in [1.165, 1.54) is 21.9 Å². The van der Waals surface area contributed by atoms with E-state index in [2.05, 4.69) is 30.6 Å². The summed E-state index contributed by atoms with van der Waals surface area (Å²) in [6.07, 6.45) is 2.52. The molecule has 1 aromatic carbocycles. The van der Waals surface area contributed by atoms with E-state index in [9.17, 15) is 33.3 Å². The molecule has 3 aliphatic heterocycles. The zero-order valence-electron chi connectivity index (χ0n) is 27.3. The third kappa shape index (κ3) is 7.53. The Bertz CT molecular complexity index is 1810. The summed E-state index contributed by atoms with van der Waals surface area (Å²) in [5.74, 6) is -4.87. The summed E-state index contributed by atoms with van der Waals surface area (Å²) in [5, 5.41) is 49.1. The Morgan fingerprint density at radius 1 is 0.923 bits per heavy atom. The third-order valence-electron chi connectivity index (χ3n) is 9.04. The van der Waals surface area contributed by atoms with Crippen LogP contribution < -0.4 is 0 Å². The van der Waals surface area contributed by atoms with E-state index in [0.29, 0.717) is 37.6 Å². The Morgan fingerprint density at radius 3 is 2.31 bits per heavy atom. The van der Waals surface area contributed by atoms with Crippen molar-refractivity contribution in [2.45, 2.75) is 47.2 Å². The van der Waals surface area contributed by atoms with Crippen molar-refractivity contribution in [2.24, 2.45) is 0 Å². The zero-order valence-corrected chi connectivity index (χ0v) is 28.1. The standard InChI is InChI=1S/C31H34F3N9O8S/c32-18-5-16(6-19(33)26(18)34)20-10-43(40-37-20)27-29(47)23(11-44)51-31(30(27)50-14-25(45)41-1-3-48-4-2-41)52-24-13-49-12-22(28(24)46)42-9-21(38-39-42)17-7-35-15-36-8-17/h5-10,15,22-24,27-31,44,46-47H,1-4,11-14H2/t22-,23+,24+,27-,28+,29-,30+,31-/m0/s1. The summed E-state index contributed by atoms with van der Waals surface area (Å²) in [5.41, 5.74) is -0.126. The molecule has 0 saturated carbocycles. The van der Waals surface area contributed by atoms with Crippen molar-refractivity contribution in [3.63, 3.8) is 0 Å². The number of aliphatic hydroxyl groups is 3. The second-order valence-corrected chi connectivity index (χ2v) is 13.6. The van der Waals surface area contributed by atoms with Gasteiger partial charge in [0, 0.05) is 36.6 Å². The number of morpholine rings is 1. The maximum Gasteiger partial charge on any atom is 0.248 e. The summed E-state index contributed by atoms with van der Waals surface area (Å²) >= 11 is 1.10. The number of nitrogens with zero attached hydrogens (tertiary/aromatic N) is 9. The summed E-state index contributed by atoms with van der Waals surface area (Å²) in [7, 11) is 0. The van der Waals surface area contributed by atoms with E-state index in [1.807, 2.05) is 0 Å². The van der Waals surface area contributed by atoms with Crippen molar-refractivity contribution in [3.05, 3.63) is 60.7 Å². The predicted molar refractivity (Wildman–Crippen MR) is 172 cm³/mol. The van der Waals surface area contributed by atoms with Crippen LogP contribution in [0.2, 0.25) is 0 Å². The Balaban J connectivity index is 1.17. The van der Waals surface area contributed by atoms with E-state index >= 15 is 0 Å². The van der Waals surface area contributed by atoms with Crippen LogP contribution in [0.15, 0.2) is 43.2 Å². The molecule has 8 atom stereocenters. The highest BCUT2D eigenvalue weighted by molar-refractivity contribution is 8.00. The van der Waals surface area contributed by atoms with E-state index in [4.69, 9.17) is 18.9 Å². The van der Waals surface area contributed by atoms with Crippen LogP contribution in [0.25, 0.3) is 22.5 Å². The van der Waals surface area contributed by atoms with Crippen LogP contribution in [-0.2, 0) is 23.7 Å². The first-order valence-electron chi connectivity index (χ1n) is 16.3. The summed E-state index contributed by atoms with van der Waals surface area (Å²) in [6.45, 7) is 0.524. The molecule has 17 nitrogen and oxygen atoms in total. The first-order chi connectivity index (χ1) is 25.2. The highest BCUT2D eigenvalue weighted by Crippen LogP contribution is 2.41. The summed E-state index contributed by atoms with van der Waals surface area (Å²) < 4.78 is 68.1. The van der Waals surface area contributed by atoms with Crippen LogP contribution in [0.4, 0.5) is 13.2 Å². The quantitative estimate of drug-likeness (QED) is 0.183. The highest BCUT2D eigenvalue weighted by atomic mass is 32.2. The molecule has 6 heterocycles. The lowest BCUT2D eigenvalue weighted by atomic mass is 9.97. The minimum absolute atomic E-state index is 0.0578. The maximum absolute atomic E-state index is 14.1. The van der Waals surface area contributed by atoms with Crippen molar-refractivity contribution in [1.29, 1.82) is 0 Å². The lowest BCUT2D eigenvalue weighted by Gasteiger charge is -2.45. The van der Waals surface area contributed by atoms with Gasteiger partial charge in [-0.25, -0.2) is 32.5 Å². The molecule has 0 aliphatic carbocycles. The van der Waals surface area contributed by atoms with Gasteiger partial charge < -0.3 is 39.2 Å². The average Bonchev–Trinajstić information content (AvgIpc) is 3.86. The minimum atomic E-state index is -1.65. The lowest BCUT2D eigenvalue weighted by molar-refractivity contribution is -0.196. The molecule has 7 rings (SSSR count). The second kappa shape index (κ2) is 15.9. The number of halogens is 3. The minimum Gasteiger partial charge on any atom is -0.394 e. The summed E-state index contributed by atoms with van der Waals surface area (Å²) in [4.78, 5) is 22.8. The maximum atomic E-state index is 14.1. The van der Waals surface area contributed by atoms with Gasteiger partial charge in [-0.2, -0.15) is 0 Å². The van der Waals surface area contributed by atoms with Gasteiger partial charge in [0.05, 0.1) is 56.8 Å². The normalized spacial score (nSPS) is 28.2. The molecule has 278 valence electrons. The fourth-order valence-corrected chi connectivity index (χ4v) is 7.72. The molecular formula is C31H34F3N9O8S. The van der Waals surface area contributed by atoms with Crippen molar-refractivity contribution in [1.82, 2.24) is 44.9 Å². The predicted octanol–water partition coefficient (Wildman–Crippen LogP) is 0.00830. The van der Waals surface area contributed by atoms with Crippen molar-refractivity contribution >= 4 is 17.7 Å². The molecular weight excluding hydrogens is 715 g/mol. The Labute approximate surface area is 297 Å². The Kier molecular flexibility index (Phi) is 11.1. The van der Waals surface area contributed by atoms with E-state index < -0.39 is 77.9 Å². The topological polar surface area (TPSA) is 205 Å². The third-order valence-corrected chi connectivity index (χ3v) is 10.5. The van der Waals surface area contributed by atoms with Gasteiger partial charge in [0.15, 0.2) is 17.5 Å². The van der Waals surface area contributed by atoms with Crippen LogP contribution in [0, 0.1) is 17.5 Å². The molecule has 3 aliphatic rings. The van der Waals surface area contributed by atoms with Crippen molar-refractivity contribution in [2.75, 3.05) is 52.7 Å². The zero-order chi connectivity index (χ0) is 36.4. The number of carbonyl (C=O) groups is 1. The molecule has 0 bridgehead atoms.